The van der Waals surface area contributed by atoms with Crippen molar-refractivity contribution in [3.05, 3.63) is 17.4 Å². The zero-order chi connectivity index (χ0) is 13.1. The lowest BCUT2D eigenvalue weighted by Gasteiger charge is -2.22. The van der Waals surface area contributed by atoms with Gasteiger partial charge in [-0.25, -0.2) is 4.98 Å². The van der Waals surface area contributed by atoms with Gasteiger partial charge in [-0.2, -0.15) is 13.2 Å². The first-order valence-electron chi connectivity index (χ1n) is 4.40. The van der Waals surface area contributed by atoms with E-state index in [1.165, 1.54) is 19.5 Å². The van der Waals surface area contributed by atoms with E-state index < -0.39 is 12.7 Å². The molecule has 4 nitrogen and oxygen atoms in total. The molecule has 1 aromatic rings. The van der Waals surface area contributed by atoms with Gasteiger partial charge in [0.15, 0.2) is 0 Å². The standard InChI is InChI=1S/C9H8ClF3N3O/c1-16(4-9(11,12)13)7-2-8(10)14-3-6(7)15-5-17/h2-3H,4H2,1H3,(H,15,17). The first kappa shape index (κ1) is 13.6. The zero-order valence-corrected chi connectivity index (χ0v) is 9.43. The van der Waals surface area contributed by atoms with E-state index in [-0.39, 0.29) is 16.5 Å². The van der Waals surface area contributed by atoms with E-state index in [1.807, 2.05) is 0 Å². The van der Waals surface area contributed by atoms with Crippen LogP contribution < -0.4 is 10.2 Å². The van der Waals surface area contributed by atoms with Gasteiger partial charge in [0.05, 0.1) is 17.6 Å². The summed E-state index contributed by atoms with van der Waals surface area (Å²) in [7, 11) is 1.23. The van der Waals surface area contributed by atoms with Gasteiger partial charge >= 0.3 is 12.6 Å². The van der Waals surface area contributed by atoms with Gasteiger partial charge in [-0.3, -0.25) is 4.79 Å². The highest BCUT2D eigenvalue weighted by molar-refractivity contribution is 6.29. The average molecular weight is 267 g/mol. The molecule has 0 spiro atoms. The van der Waals surface area contributed by atoms with Gasteiger partial charge in [-0.05, 0) is 0 Å². The summed E-state index contributed by atoms with van der Waals surface area (Å²) in [6.45, 7) is -1.17. The third kappa shape index (κ3) is 4.10. The SMILES string of the molecule is CN(CC(F)(F)F)c1cc(Cl)ncc1N[C]=O. The highest BCUT2D eigenvalue weighted by Crippen LogP contribution is 2.28. The topological polar surface area (TPSA) is 45.2 Å². The molecule has 0 saturated heterocycles. The van der Waals surface area contributed by atoms with Crippen LogP contribution in [0.4, 0.5) is 24.5 Å². The number of carbonyl (C=O) groups excluding carboxylic acids is 1. The zero-order valence-electron chi connectivity index (χ0n) is 8.68. The van der Waals surface area contributed by atoms with Crippen molar-refractivity contribution in [2.75, 3.05) is 23.8 Å². The van der Waals surface area contributed by atoms with E-state index in [0.29, 0.717) is 0 Å². The predicted molar refractivity (Wildman–Crippen MR) is 57.9 cm³/mol. The molecular weight excluding hydrogens is 259 g/mol. The molecule has 0 fully saturated rings. The monoisotopic (exact) mass is 266 g/mol. The number of alkyl halides is 3. The molecule has 1 amide bonds. The van der Waals surface area contributed by atoms with Crippen molar-refractivity contribution < 1.29 is 18.0 Å². The maximum Gasteiger partial charge on any atom is 0.405 e. The highest BCUT2D eigenvalue weighted by Gasteiger charge is 2.30. The van der Waals surface area contributed by atoms with Gasteiger partial charge in [-0.15, -0.1) is 0 Å². The Kier molecular flexibility index (Phi) is 4.17. The van der Waals surface area contributed by atoms with E-state index in [1.54, 1.807) is 0 Å². The second-order valence-corrected chi connectivity index (χ2v) is 3.61. The molecule has 1 N–H and O–H groups in total. The van der Waals surface area contributed by atoms with Crippen molar-refractivity contribution in [3.63, 3.8) is 0 Å². The molecule has 1 radical (unpaired) electrons. The van der Waals surface area contributed by atoms with Crippen LogP contribution in [0.25, 0.3) is 0 Å². The van der Waals surface area contributed by atoms with E-state index >= 15 is 0 Å². The summed E-state index contributed by atoms with van der Waals surface area (Å²) in [4.78, 5) is 14.7. The van der Waals surface area contributed by atoms with Gasteiger partial charge in [0.25, 0.3) is 0 Å². The Labute approximate surface area is 100 Å². The van der Waals surface area contributed by atoms with E-state index in [0.717, 1.165) is 11.1 Å². The fraction of sp³-hybridized carbons (Fsp3) is 0.333. The third-order valence-corrected chi connectivity index (χ3v) is 2.07. The van der Waals surface area contributed by atoms with Gasteiger partial charge in [-0.1, -0.05) is 11.6 Å². The number of aromatic nitrogens is 1. The molecule has 0 aliphatic carbocycles. The Bertz CT molecular complexity index is 411. The summed E-state index contributed by atoms with van der Waals surface area (Å²) in [5, 5.41) is 2.17. The molecule has 0 unspecified atom stereocenters. The molecule has 1 aromatic heterocycles. The number of nitrogens with one attached hydrogen (secondary N) is 1. The Morgan fingerprint density at radius 2 is 2.24 bits per heavy atom. The van der Waals surface area contributed by atoms with E-state index in [4.69, 9.17) is 11.6 Å². The number of pyridine rings is 1. The molecule has 17 heavy (non-hydrogen) atoms. The normalized spacial score (nSPS) is 11.1. The molecule has 8 heteroatoms. The van der Waals surface area contributed by atoms with Crippen molar-refractivity contribution >= 4 is 29.4 Å². The maximum atomic E-state index is 12.2. The lowest BCUT2D eigenvalue weighted by Crippen LogP contribution is -2.31. The summed E-state index contributed by atoms with van der Waals surface area (Å²) in [6.07, 6.45) is -1.82. The summed E-state index contributed by atoms with van der Waals surface area (Å²) in [6, 6.07) is 1.23. The van der Waals surface area contributed by atoms with Crippen molar-refractivity contribution in [1.82, 2.24) is 4.98 Å². The van der Waals surface area contributed by atoms with Crippen LogP contribution in [-0.2, 0) is 4.79 Å². The molecular formula is C9H8ClF3N3O. The number of hydrogen-bond donors (Lipinski definition) is 1. The average Bonchev–Trinajstić information content (AvgIpc) is 2.18. The molecule has 0 bridgehead atoms. The van der Waals surface area contributed by atoms with Crippen molar-refractivity contribution in [3.8, 4) is 0 Å². The largest absolute Gasteiger partial charge is 0.405 e. The smallest absolute Gasteiger partial charge is 0.364 e. The molecule has 0 aliphatic rings. The fourth-order valence-electron chi connectivity index (χ4n) is 1.24. The van der Waals surface area contributed by atoms with Gasteiger partial charge < -0.3 is 10.2 Å². The van der Waals surface area contributed by atoms with Crippen LogP contribution in [0.1, 0.15) is 0 Å². The predicted octanol–water partition coefficient (Wildman–Crippen LogP) is 2.21. The van der Waals surface area contributed by atoms with Gasteiger partial charge in [0.1, 0.15) is 11.7 Å². The minimum atomic E-state index is -4.35. The summed E-state index contributed by atoms with van der Waals surface area (Å²) >= 11 is 5.59. The summed E-state index contributed by atoms with van der Waals surface area (Å²) in [5.41, 5.74) is 0.224. The first-order valence-corrected chi connectivity index (χ1v) is 4.78. The second-order valence-electron chi connectivity index (χ2n) is 3.22. The van der Waals surface area contributed by atoms with Crippen LogP contribution in [-0.4, -0.2) is 31.2 Å². The van der Waals surface area contributed by atoms with Crippen LogP contribution in [0.15, 0.2) is 12.3 Å². The van der Waals surface area contributed by atoms with Crippen LogP contribution in [0, 0.1) is 0 Å². The lowest BCUT2D eigenvalue weighted by molar-refractivity contribution is -0.119. The summed E-state index contributed by atoms with van der Waals surface area (Å²) in [5.74, 6) is 0. The first-order chi connectivity index (χ1) is 7.83. The number of nitrogens with zero attached hydrogens (tertiary/aromatic N) is 2. The Balaban J connectivity index is 3.01. The fourth-order valence-corrected chi connectivity index (χ4v) is 1.39. The number of hydrogen-bond acceptors (Lipinski definition) is 3. The molecule has 0 aliphatic heterocycles. The second kappa shape index (κ2) is 5.22. The number of halogens is 4. The van der Waals surface area contributed by atoms with Crippen LogP contribution in [0.3, 0.4) is 0 Å². The number of amides is 1. The third-order valence-electron chi connectivity index (χ3n) is 1.86. The number of anilines is 2. The van der Waals surface area contributed by atoms with E-state index in [9.17, 15) is 18.0 Å². The minimum absolute atomic E-state index is 0.0328. The lowest BCUT2D eigenvalue weighted by atomic mass is 10.3. The highest BCUT2D eigenvalue weighted by atomic mass is 35.5. The molecule has 1 rings (SSSR count). The minimum Gasteiger partial charge on any atom is -0.364 e. The van der Waals surface area contributed by atoms with Crippen LogP contribution >= 0.6 is 11.6 Å². The molecule has 1 heterocycles. The van der Waals surface area contributed by atoms with Gasteiger partial charge in [0, 0.05) is 13.1 Å². The number of rotatable bonds is 4. The quantitative estimate of drug-likeness (QED) is 0.671. The van der Waals surface area contributed by atoms with Crippen molar-refractivity contribution in [1.29, 1.82) is 0 Å². The molecule has 0 aromatic carbocycles. The van der Waals surface area contributed by atoms with Crippen molar-refractivity contribution in [2.45, 2.75) is 6.18 Å². The van der Waals surface area contributed by atoms with Crippen LogP contribution in [0.5, 0.6) is 0 Å². The Morgan fingerprint density at radius 3 is 2.76 bits per heavy atom. The maximum absolute atomic E-state index is 12.2. The van der Waals surface area contributed by atoms with Gasteiger partial charge in [0.2, 0.25) is 0 Å². The van der Waals surface area contributed by atoms with E-state index in [2.05, 4.69) is 10.3 Å². The summed E-state index contributed by atoms with van der Waals surface area (Å²) < 4.78 is 36.7. The van der Waals surface area contributed by atoms with Crippen LogP contribution in [0.2, 0.25) is 5.15 Å². The molecule has 93 valence electrons. The van der Waals surface area contributed by atoms with Crippen molar-refractivity contribution in [2.24, 2.45) is 0 Å². The Hall–Kier alpha value is -1.50. The molecule has 0 saturated carbocycles. The Morgan fingerprint density at radius 1 is 1.59 bits per heavy atom. The molecule has 0 atom stereocenters.